The zero-order chi connectivity index (χ0) is 41.5. The molecule has 5 aliphatic rings. The number of fused-ring (bicyclic) bond motifs is 2. The fraction of sp³-hybridized carbons (Fsp3) is 0.700. The van der Waals surface area contributed by atoms with Crippen LogP contribution in [0, 0.1) is 5.92 Å². The minimum Gasteiger partial charge on any atom is -0.446 e. The summed E-state index contributed by atoms with van der Waals surface area (Å²) in [6.07, 6.45) is 5.23. The van der Waals surface area contributed by atoms with Gasteiger partial charge in [0.2, 0.25) is 11.8 Å². The molecule has 1 aromatic rings. The highest BCUT2D eigenvalue weighted by molar-refractivity contribution is 7.56. The molecular formula is C40H57F3N5O9P. The van der Waals surface area contributed by atoms with Crippen molar-refractivity contribution in [3.05, 3.63) is 35.9 Å². The Hall–Kier alpha value is -3.82. The Labute approximate surface area is 337 Å². The lowest BCUT2D eigenvalue weighted by molar-refractivity contribution is -0.140. The van der Waals surface area contributed by atoms with E-state index in [0.29, 0.717) is 31.6 Å². The summed E-state index contributed by atoms with van der Waals surface area (Å²) in [5.74, 6) is -1.65. The lowest BCUT2D eigenvalue weighted by Crippen LogP contribution is -2.55. The Balaban J connectivity index is 1.27. The highest BCUT2D eigenvalue weighted by Crippen LogP contribution is 2.73. The van der Waals surface area contributed by atoms with E-state index >= 15 is 0 Å². The quantitative estimate of drug-likeness (QED) is 0.156. The van der Waals surface area contributed by atoms with E-state index in [1.165, 1.54) is 11.0 Å². The van der Waals surface area contributed by atoms with Gasteiger partial charge in [-0.3, -0.25) is 19.5 Å². The van der Waals surface area contributed by atoms with Crippen molar-refractivity contribution in [2.45, 2.75) is 139 Å². The van der Waals surface area contributed by atoms with Crippen LogP contribution in [-0.2, 0) is 38.9 Å². The van der Waals surface area contributed by atoms with Gasteiger partial charge in [0, 0.05) is 25.4 Å². The Morgan fingerprint density at radius 2 is 1.59 bits per heavy atom. The molecule has 3 N–H and O–H groups in total. The number of halogens is 3. The van der Waals surface area contributed by atoms with E-state index in [1.807, 2.05) is 17.1 Å². The summed E-state index contributed by atoms with van der Waals surface area (Å²) >= 11 is 0. The normalized spacial score (nSPS) is 28.0. The molecule has 2 saturated heterocycles. The van der Waals surface area contributed by atoms with Crippen molar-refractivity contribution in [2.75, 3.05) is 43.1 Å². The van der Waals surface area contributed by atoms with Crippen LogP contribution in [0.3, 0.4) is 0 Å². The van der Waals surface area contributed by atoms with Crippen LogP contribution in [0.2, 0.25) is 0 Å². The number of alkyl halides is 3. The van der Waals surface area contributed by atoms with Crippen LogP contribution in [0.25, 0.3) is 0 Å². The second-order valence-corrected chi connectivity index (χ2v) is 18.1. The van der Waals surface area contributed by atoms with Gasteiger partial charge in [0.1, 0.15) is 29.6 Å². The summed E-state index contributed by atoms with van der Waals surface area (Å²) in [6, 6.07) is 0.862. The monoisotopic (exact) mass is 839 g/mol. The highest BCUT2D eigenvalue weighted by Gasteiger charge is 2.68. The first-order valence-electron chi connectivity index (χ1n) is 20.9. The highest BCUT2D eigenvalue weighted by atomic mass is 31.2. The molecule has 4 fully saturated rings. The molecule has 3 heterocycles. The van der Waals surface area contributed by atoms with Gasteiger partial charge in [0.15, 0.2) is 0 Å². The summed E-state index contributed by atoms with van der Waals surface area (Å²) in [4.78, 5) is 58.8. The van der Waals surface area contributed by atoms with Gasteiger partial charge >= 0.3 is 26.0 Å². The number of allylic oxidation sites excluding steroid dienone is 1. The molecule has 0 bridgehead atoms. The molecule has 1 aromatic carbocycles. The second-order valence-electron chi connectivity index (χ2n) is 15.8. The smallest absolute Gasteiger partial charge is 0.416 e. The third-order valence-electron chi connectivity index (χ3n) is 11.7. The van der Waals surface area contributed by atoms with Gasteiger partial charge in [-0.2, -0.15) is 13.2 Å². The molecule has 3 aliphatic heterocycles. The number of benzene rings is 1. The summed E-state index contributed by atoms with van der Waals surface area (Å²) in [7, 11) is -3.95. The molecule has 0 unspecified atom stereocenters. The van der Waals surface area contributed by atoms with E-state index in [-0.39, 0.29) is 56.7 Å². The number of rotatable bonds is 10. The van der Waals surface area contributed by atoms with E-state index < -0.39 is 66.8 Å². The Morgan fingerprint density at radius 1 is 0.914 bits per heavy atom. The summed E-state index contributed by atoms with van der Waals surface area (Å²) in [6.45, 7) is 4.41. The number of alkyl carbamates (subject to hydrolysis) is 1. The first-order chi connectivity index (χ1) is 27.8. The van der Waals surface area contributed by atoms with Crippen LogP contribution in [0.15, 0.2) is 30.4 Å². The first kappa shape index (κ1) is 43.8. The van der Waals surface area contributed by atoms with Crippen LogP contribution in [0.5, 0.6) is 0 Å². The number of carbonyl (C=O) groups excluding carboxylic acids is 4. The molecule has 5 atom stereocenters. The van der Waals surface area contributed by atoms with Gasteiger partial charge in [-0.15, -0.1) is 0 Å². The first-order valence-corrected chi connectivity index (χ1v) is 22.4. The van der Waals surface area contributed by atoms with Crippen LogP contribution >= 0.6 is 7.60 Å². The molecule has 4 amide bonds. The SMILES string of the molecule is CCOP(=O)(OCC)[C@@]12C[C@@H]1/C=C\CCCCC[C@H](NC(=O)OC1CCCC1)C(=O)N1C[C@H](OC(=O)Nc3cc(C(F)(F)F)ccc3N3CCCCC3)C[C@H]1C(=O)N2. The number of piperidine rings is 1. The lowest BCUT2D eigenvalue weighted by Gasteiger charge is -2.32. The Kier molecular flexibility index (Phi) is 14.4. The third-order valence-corrected chi connectivity index (χ3v) is 14.5. The van der Waals surface area contributed by atoms with Crippen molar-refractivity contribution in [3.8, 4) is 0 Å². The zero-order valence-electron chi connectivity index (χ0n) is 33.4. The van der Waals surface area contributed by atoms with Gasteiger partial charge < -0.3 is 39.0 Å². The van der Waals surface area contributed by atoms with E-state index in [0.717, 1.165) is 69.9 Å². The maximum atomic E-state index is 14.5. The van der Waals surface area contributed by atoms with Crippen molar-refractivity contribution in [1.29, 1.82) is 0 Å². The van der Waals surface area contributed by atoms with Gasteiger partial charge in [0.25, 0.3) is 0 Å². The van der Waals surface area contributed by atoms with Crippen LogP contribution in [0.1, 0.15) is 109 Å². The maximum absolute atomic E-state index is 14.5. The molecule has 0 aromatic heterocycles. The standard InChI is InChI=1S/C40H57F3N5O9P/c1-3-54-58(53,55-4-2)39-25-28(39)15-9-6-5-7-10-18-31(44-37(51)56-29-16-11-12-17-29)36(50)48-26-30(24-34(48)35(49)46-39)57-38(52)45-32-23-27(40(41,42)43)19-20-33(32)47-21-13-8-14-22-47/h9,15,19-20,23,28-31,34H,3-8,10-14,16-18,21-22,24-26H2,1-2H3,(H,44,51)(H,45,52)(H,46,49)/b15-9-/t28-,30+,31-,34-,39-/m0/s1. The number of carbonyl (C=O) groups is 4. The van der Waals surface area contributed by atoms with Crippen molar-refractivity contribution in [2.24, 2.45) is 5.92 Å². The van der Waals surface area contributed by atoms with E-state index in [2.05, 4.69) is 16.0 Å². The largest absolute Gasteiger partial charge is 0.446 e. The lowest BCUT2D eigenvalue weighted by atomic mass is 10.0. The molecule has 322 valence electrons. The summed E-state index contributed by atoms with van der Waals surface area (Å²) in [5, 5.41) is 6.79. The molecule has 58 heavy (non-hydrogen) atoms. The zero-order valence-corrected chi connectivity index (χ0v) is 34.3. The minimum absolute atomic E-state index is 0.0556. The predicted octanol–water partition coefficient (Wildman–Crippen LogP) is 7.87. The van der Waals surface area contributed by atoms with E-state index in [9.17, 15) is 36.9 Å². The molecule has 0 spiro atoms. The summed E-state index contributed by atoms with van der Waals surface area (Å²) in [5.41, 5.74) is -0.602. The number of hydrogen-bond donors (Lipinski definition) is 3. The molecule has 14 nitrogen and oxygen atoms in total. The number of nitrogens with zero attached hydrogens (tertiary/aromatic N) is 2. The summed E-state index contributed by atoms with van der Waals surface area (Å²) < 4.78 is 78.7. The number of anilines is 2. The van der Waals surface area contributed by atoms with Crippen LogP contribution in [-0.4, -0.2) is 91.3 Å². The average Bonchev–Trinajstić information content (AvgIpc) is 3.44. The second kappa shape index (κ2) is 19.1. The van der Waals surface area contributed by atoms with Gasteiger partial charge in [-0.05, 0) is 103 Å². The van der Waals surface area contributed by atoms with Gasteiger partial charge in [-0.1, -0.05) is 25.0 Å². The van der Waals surface area contributed by atoms with E-state index in [1.54, 1.807) is 13.8 Å². The van der Waals surface area contributed by atoms with E-state index in [4.69, 9.17) is 18.5 Å². The maximum Gasteiger partial charge on any atom is 0.416 e. The number of hydrogen-bond acceptors (Lipinski definition) is 10. The molecular weight excluding hydrogens is 782 g/mol. The van der Waals surface area contributed by atoms with Gasteiger partial charge in [0.05, 0.1) is 36.7 Å². The van der Waals surface area contributed by atoms with Crippen molar-refractivity contribution in [1.82, 2.24) is 15.5 Å². The fourth-order valence-corrected chi connectivity index (χ4v) is 11.0. The number of nitrogens with one attached hydrogen (secondary N) is 3. The van der Waals surface area contributed by atoms with Gasteiger partial charge in [-0.25, -0.2) is 9.59 Å². The molecule has 18 heteroatoms. The van der Waals surface area contributed by atoms with Crippen LogP contribution in [0.4, 0.5) is 34.1 Å². The van der Waals surface area contributed by atoms with Crippen molar-refractivity contribution < 1.29 is 55.4 Å². The molecule has 2 aliphatic carbocycles. The molecule has 2 saturated carbocycles. The minimum atomic E-state index is -4.66. The van der Waals surface area contributed by atoms with Crippen molar-refractivity contribution in [3.63, 3.8) is 0 Å². The number of amides is 4. The van der Waals surface area contributed by atoms with Crippen molar-refractivity contribution >= 4 is 43.0 Å². The van der Waals surface area contributed by atoms with Crippen LogP contribution < -0.4 is 20.9 Å². The third kappa shape index (κ3) is 10.3. The molecule has 0 radical (unpaired) electrons. The molecule has 6 rings (SSSR count). The predicted molar refractivity (Wildman–Crippen MR) is 209 cm³/mol. The Bertz CT molecular complexity index is 1710. The Morgan fingerprint density at radius 3 is 2.28 bits per heavy atom. The average molecular weight is 840 g/mol. The topological polar surface area (TPSA) is 165 Å². The fourth-order valence-electron chi connectivity index (χ4n) is 8.66. The number of ether oxygens (including phenoxy) is 2.